The van der Waals surface area contributed by atoms with Crippen LogP contribution in [-0.2, 0) is 0 Å². The van der Waals surface area contributed by atoms with Gasteiger partial charge in [-0.2, -0.15) is 0 Å². The summed E-state index contributed by atoms with van der Waals surface area (Å²) in [6.45, 7) is 4.10. The van der Waals surface area contributed by atoms with E-state index in [9.17, 15) is 9.90 Å². The van der Waals surface area contributed by atoms with Crippen molar-refractivity contribution in [2.75, 3.05) is 26.2 Å². The molecule has 1 heterocycles. The first-order valence-corrected chi connectivity index (χ1v) is 7.55. The van der Waals surface area contributed by atoms with Gasteiger partial charge in [-0.1, -0.05) is 18.2 Å². The van der Waals surface area contributed by atoms with Crippen molar-refractivity contribution in [3.63, 3.8) is 0 Å². The fourth-order valence-corrected chi connectivity index (χ4v) is 2.54. The molecule has 1 aromatic carbocycles. The number of urea groups is 1. The molecule has 0 bridgehead atoms. The van der Waals surface area contributed by atoms with Crippen molar-refractivity contribution in [3.05, 3.63) is 30.3 Å². The Kier molecular flexibility index (Phi) is 5.87. The number of likely N-dealkylation sites (tertiary alicyclic amines) is 1. The third-order valence-electron chi connectivity index (χ3n) is 3.82. The Bertz CT molecular complexity index is 436. The predicted molar refractivity (Wildman–Crippen MR) is 81.3 cm³/mol. The first kappa shape index (κ1) is 15.6. The second-order valence-electron chi connectivity index (χ2n) is 5.48. The lowest BCUT2D eigenvalue weighted by Crippen LogP contribution is -2.48. The molecule has 116 valence electrons. The van der Waals surface area contributed by atoms with Crippen molar-refractivity contribution in [1.29, 1.82) is 0 Å². The van der Waals surface area contributed by atoms with Gasteiger partial charge in [-0.3, -0.25) is 0 Å². The van der Waals surface area contributed by atoms with Crippen LogP contribution in [0.25, 0.3) is 0 Å². The Morgan fingerprint density at radius 3 is 2.95 bits per heavy atom. The van der Waals surface area contributed by atoms with Gasteiger partial charge in [0.05, 0.1) is 12.6 Å². The second kappa shape index (κ2) is 7.88. The molecule has 2 atom stereocenters. The van der Waals surface area contributed by atoms with Crippen molar-refractivity contribution in [2.24, 2.45) is 5.92 Å². The Morgan fingerprint density at radius 1 is 1.48 bits per heavy atom. The van der Waals surface area contributed by atoms with Gasteiger partial charge in [0, 0.05) is 19.0 Å². The van der Waals surface area contributed by atoms with E-state index in [1.165, 1.54) is 0 Å². The summed E-state index contributed by atoms with van der Waals surface area (Å²) in [5.74, 6) is 0.990. The maximum Gasteiger partial charge on any atom is 0.317 e. The highest BCUT2D eigenvalue weighted by Gasteiger charge is 2.26. The third-order valence-corrected chi connectivity index (χ3v) is 3.82. The monoisotopic (exact) mass is 292 g/mol. The summed E-state index contributed by atoms with van der Waals surface area (Å²) in [6, 6.07) is 9.47. The second-order valence-corrected chi connectivity index (χ2v) is 5.48. The third kappa shape index (κ3) is 4.93. The van der Waals surface area contributed by atoms with Crippen molar-refractivity contribution < 1.29 is 14.6 Å². The van der Waals surface area contributed by atoms with E-state index in [0.29, 0.717) is 19.7 Å². The lowest BCUT2D eigenvalue weighted by molar-refractivity contribution is 0.0737. The average Bonchev–Trinajstić information content (AvgIpc) is 2.52. The van der Waals surface area contributed by atoms with Crippen molar-refractivity contribution in [1.82, 2.24) is 10.2 Å². The van der Waals surface area contributed by atoms with Crippen LogP contribution in [0.1, 0.15) is 19.8 Å². The van der Waals surface area contributed by atoms with E-state index in [4.69, 9.17) is 4.74 Å². The van der Waals surface area contributed by atoms with Gasteiger partial charge in [0.1, 0.15) is 12.4 Å². The molecule has 2 N–H and O–H groups in total. The minimum atomic E-state index is -0.359. The maximum atomic E-state index is 12.1. The smallest absolute Gasteiger partial charge is 0.317 e. The van der Waals surface area contributed by atoms with Crippen LogP contribution >= 0.6 is 0 Å². The van der Waals surface area contributed by atoms with Gasteiger partial charge in [-0.15, -0.1) is 0 Å². The number of amides is 2. The number of hydrogen-bond donors (Lipinski definition) is 2. The Morgan fingerprint density at radius 2 is 2.24 bits per heavy atom. The van der Waals surface area contributed by atoms with Gasteiger partial charge in [0.15, 0.2) is 0 Å². The highest BCUT2D eigenvalue weighted by atomic mass is 16.5. The zero-order valence-corrected chi connectivity index (χ0v) is 12.5. The summed E-state index contributed by atoms with van der Waals surface area (Å²) in [4.78, 5) is 13.8. The minimum absolute atomic E-state index is 0.0722. The van der Waals surface area contributed by atoms with Crippen molar-refractivity contribution >= 4 is 6.03 Å². The van der Waals surface area contributed by atoms with E-state index in [2.05, 4.69) is 5.32 Å². The van der Waals surface area contributed by atoms with E-state index in [-0.39, 0.29) is 18.1 Å². The van der Waals surface area contributed by atoms with Crippen LogP contribution in [0.2, 0.25) is 0 Å². The lowest BCUT2D eigenvalue weighted by Gasteiger charge is -2.34. The number of nitrogens with zero attached hydrogens (tertiary/aromatic N) is 1. The molecule has 2 unspecified atom stereocenters. The largest absolute Gasteiger partial charge is 0.492 e. The van der Waals surface area contributed by atoms with E-state index in [1.54, 1.807) is 11.8 Å². The van der Waals surface area contributed by atoms with Crippen LogP contribution in [0.5, 0.6) is 5.75 Å². The molecule has 1 aliphatic heterocycles. The zero-order valence-electron chi connectivity index (χ0n) is 12.5. The fraction of sp³-hybridized carbons (Fsp3) is 0.562. The van der Waals surface area contributed by atoms with Crippen LogP contribution in [0.3, 0.4) is 0 Å². The zero-order chi connectivity index (χ0) is 15.1. The molecule has 2 amide bonds. The number of aliphatic hydroxyl groups is 1. The number of aliphatic hydroxyl groups excluding tert-OH is 1. The van der Waals surface area contributed by atoms with E-state index in [1.807, 2.05) is 30.3 Å². The SMILES string of the molecule is CC(O)C1CCCN(C(=O)NCCOc2ccccc2)C1. The van der Waals surface area contributed by atoms with Crippen molar-refractivity contribution in [3.8, 4) is 5.75 Å². The number of ether oxygens (including phenoxy) is 1. The van der Waals surface area contributed by atoms with E-state index < -0.39 is 0 Å². The quantitative estimate of drug-likeness (QED) is 0.814. The molecule has 5 heteroatoms. The molecule has 21 heavy (non-hydrogen) atoms. The highest BCUT2D eigenvalue weighted by molar-refractivity contribution is 5.74. The molecule has 0 radical (unpaired) electrons. The van der Waals surface area contributed by atoms with Gasteiger partial charge in [-0.05, 0) is 31.9 Å². The van der Waals surface area contributed by atoms with Crippen LogP contribution < -0.4 is 10.1 Å². The van der Waals surface area contributed by atoms with Gasteiger partial charge in [0.2, 0.25) is 0 Å². The van der Waals surface area contributed by atoms with Crippen molar-refractivity contribution in [2.45, 2.75) is 25.9 Å². The Hall–Kier alpha value is -1.75. The number of piperidine rings is 1. The van der Waals surface area contributed by atoms with Gasteiger partial charge in [0.25, 0.3) is 0 Å². The summed E-state index contributed by atoms with van der Waals surface area (Å²) in [5.41, 5.74) is 0. The summed E-state index contributed by atoms with van der Waals surface area (Å²) < 4.78 is 5.53. The fourth-order valence-electron chi connectivity index (χ4n) is 2.54. The Labute approximate surface area is 125 Å². The number of carbonyl (C=O) groups is 1. The molecule has 0 saturated carbocycles. The van der Waals surface area contributed by atoms with Crippen LogP contribution in [0.4, 0.5) is 4.79 Å². The molecule has 2 rings (SSSR count). The molecule has 1 saturated heterocycles. The number of hydrogen-bond acceptors (Lipinski definition) is 3. The first-order valence-electron chi connectivity index (χ1n) is 7.55. The molecule has 0 spiro atoms. The van der Waals surface area contributed by atoms with Gasteiger partial charge in [-0.25, -0.2) is 4.79 Å². The molecular formula is C16H24N2O3. The molecule has 1 fully saturated rings. The molecule has 1 aromatic rings. The van der Waals surface area contributed by atoms with Crippen LogP contribution in [-0.4, -0.2) is 48.4 Å². The number of carbonyl (C=O) groups excluding carboxylic acids is 1. The van der Waals surface area contributed by atoms with Gasteiger partial charge < -0.3 is 20.1 Å². The maximum absolute atomic E-state index is 12.1. The molecular weight excluding hydrogens is 268 g/mol. The van der Waals surface area contributed by atoms with E-state index >= 15 is 0 Å². The number of rotatable bonds is 5. The summed E-state index contributed by atoms with van der Waals surface area (Å²) in [7, 11) is 0. The number of nitrogens with one attached hydrogen (secondary N) is 1. The van der Waals surface area contributed by atoms with Crippen LogP contribution in [0.15, 0.2) is 30.3 Å². The summed E-state index contributed by atoms with van der Waals surface area (Å²) in [6.07, 6.45) is 1.57. The van der Waals surface area contributed by atoms with Crippen LogP contribution in [0, 0.1) is 5.92 Å². The normalized spacial score (nSPS) is 19.9. The predicted octanol–water partition coefficient (Wildman–Crippen LogP) is 1.87. The number of para-hydroxylation sites is 1. The molecule has 0 aromatic heterocycles. The summed E-state index contributed by atoms with van der Waals surface area (Å²) in [5, 5.41) is 12.5. The topological polar surface area (TPSA) is 61.8 Å². The van der Waals surface area contributed by atoms with Gasteiger partial charge >= 0.3 is 6.03 Å². The number of benzene rings is 1. The molecule has 5 nitrogen and oxygen atoms in total. The standard InChI is InChI=1S/C16H24N2O3/c1-13(19)14-6-5-10-18(12-14)16(20)17-9-11-21-15-7-3-2-4-8-15/h2-4,7-8,13-14,19H,5-6,9-12H2,1H3,(H,17,20). The highest BCUT2D eigenvalue weighted by Crippen LogP contribution is 2.19. The first-order chi connectivity index (χ1) is 10.2. The minimum Gasteiger partial charge on any atom is -0.492 e. The summed E-state index contributed by atoms with van der Waals surface area (Å²) >= 11 is 0. The van der Waals surface area contributed by atoms with E-state index in [0.717, 1.165) is 25.1 Å². The average molecular weight is 292 g/mol. The Balaban J connectivity index is 1.67. The molecule has 0 aliphatic carbocycles. The molecule has 1 aliphatic rings. The lowest BCUT2D eigenvalue weighted by atomic mass is 9.94.